The molecule has 0 fully saturated rings. The Bertz CT molecular complexity index is 546. The Balaban J connectivity index is 2.60. The number of aromatic nitrogens is 1. The van der Waals surface area contributed by atoms with E-state index >= 15 is 0 Å². The zero-order valence-electron chi connectivity index (χ0n) is 11.4. The molecule has 4 heteroatoms. The molecule has 1 heterocycles. The molecule has 0 aliphatic carbocycles. The summed E-state index contributed by atoms with van der Waals surface area (Å²) in [5.74, 6) is 1.65. The van der Waals surface area contributed by atoms with Gasteiger partial charge in [-0.25, -0.2) is 0 Å². The van der Waals surface area contributed by atoms with E-state index in [9.17, 15) is 0 Å². The van der Waals surface area contributed by atoms with Crippen LogP contribution in [-0.2, 0) is 6.42 Å². The maximum absolute atomic E-state index is 5.42. The van der Waals surface area contributed by atoms with Crippen LogP contribution >= 0.6 is 0 Å². The Morgan fingerprint density at radius 3 is 2.61 bits per heavy atom. The SMILES string of the molecule is CNCCc1c(C)[nH]c2c(OC)cc(OC)cc12. The van der Waals surface area contributed by atoms with Gasteiger partial charge in [0.15, 0.2) is 0 Å². The second-order valence-electron chi connectivity index (χ2n) is 4.33. The summed E-state index contributed by atoms with van der Waals surface area (Å²) in [7, 11) is 5.32. The summed E-state index contributed by atoms with van der Waals surface area (Å²) in [6.07, 6.45) is 0.985. The van der Waals surface area contributed by atoms with Gasteiger partial charge in [-0.2, -0.15) is 0 Å². The van der Waals surface area contributed by atoms with Gasteiger partial charge in [0.2, 0.25) is 0 Å². The van der Waals surface area contributed by atoms with Gasteiger partial charge in [0, 0.05) is 17.1 Å². The molecule has 2 N–H and O–H groups in total. The van der Waals surface area contributed by atoms with Crippen LogP contribution in [0.4, 0.5) is 0 Å². The first-order chi connectivity index (χ1) is 8.71. The molecular weight excluding hydrogens is 228 g/mol. The minimum atomic E-state index is 0.822. The van der Waals surface area contributed by atoms with Crippen molar-refractivity contribution in [3.63, 3.8) is 0 Å². The van der Waals surface area contributed by atoms with Crippen molar-refractivity contribution in [2.45, 2.75) is 13.3 Å². The second kappa shape index (κ2) is 5.31. The standard InChI is InChI=1S/C14H20N2O2/c1-9-11(5-6-15-2)12-7-10(17-3)8-13(18-4)14(12)16-9/h7-8,15-16H,5-6H2,1-4H3. The van der Waals surface area contributed by atoms with Crippen LogP contribution in [0.1, 0.15) is 11.3 Å². The van der Waals surface area contributed by atoms with Crippen LogP contribution in [0, 0.1) is 6.92 Å². The monoisotopic (exact) mass is 248 g/mol. The summed E-state index contributed by atoms with van der Waals surface area (Å²) in [5, 5.41) is 4.36. The fourth-order valence-corrected chi connectivity index (χ4v) is 2.27. The fourth-order valence-electron chi connectivity index (χ4n) is 2.27. The Morgan fingerprint density at radius 1 is 1.22 bits per heavy atom. The van der Waals surface area contributed by atoms with Gasteiger partial charge >= 0.3 is 0 Å². The van der Waals surface area contributed by atoms with Crippen LogP contribution in [0.15, 0.2) is 12.1 Å². The molecule has 0 radical (unpaired) electrons. The predicted octanol–water partition coefficient (Wildman–Crippen LogP) is 2.26. The number of likely N-dealkylation sites (N-methyl/N-ethyl adjacent to an activating group) is 1. The van der Waals surface area contributed by atoms with Crippen LogP contribution in [0.5, 0.6) is 11.5 Å². The minimum Gasteiger partial charge on any atom is -0.497 e. The van der Waals surface area contributed by atoms with Crippen molar-refractivity contribution in [3.8, 4) is 11.5 Å². The molecule has 0 spiro atoms. The number of fused-ring (bicyclic) bond motifs is 1. The van der Waals surface area contributed by atoms with Crippen molar-refractivity contribution in [2.75, 3.05) is 27.8 Å². The average molecular weight is 248 g/mol. The van der Waals surface area contributed by atoms with Crippen molar-refractivity contribution in [2.24, 2.45) is 0 Å². The Labute approximate surface area is 107 Å². The number of nitrogens with one attached hydrogen (secondary N) is 2. The molecule has 4 nitrogen and oxygen atoms in total. The first kappa shape index (κ1) is 12.8. The van der Waals surface area contributed by atoms with Gasteiger partial charge < -0.3 is 19.8 Å². The zero-order valence-corrected chi connectivity index (χ0v) is 11.4. The molecule has 1 aromatic carbocycles. The van der Waals surface area contributed by atoms with E-state index in [0.717, 1.165) is 30.0 Å². The maximum atomic E-state index is 5.42. The number of ether oxygens (including phenoxy) is 2. The minimum absolute atomic E-state index is 0.822. The highest BCUT2D eigenvalue weighted by atomic mass is 16.5. The molecular formula is C14H20N2O2. The first-order valence-corrected chi connectivity index (χ1v) is 6.09. The second-order valence-corrected chi connectivity index (χ2v) is 4.33. The highest BCUT2D eigenvalue weighted by Crippen LogP contribution is 2.34. The van der Waals surface area contributed by atoms with Crippen LogP contribution < -0.4 is 14.8 Å². The summed E-state index contributed by atoms with van der Waals surface area (Å²) < 4.78 is 10.7. The lowest BCUT2D eigenvalue weighted by Crippen LogP contribution is -2.10. The van der Waals surface area contributed by atoms with Gasteiger partial charge in [-0.1, -0.05) is 0 Å². The molecule has 0 atom stereocenters. The van der Waals surface area contributed by atoms with Crippen LogP contribution in [0.25, 0.3) is 10.9 Å². The van der Waals surface area contributed by atoms with Crippen molar-refractivity contribution in [1.29, 1.82) is 0 Å². The number of hydrogen-bond acceptors (Lipinski definition) is 3. The molecule has 0 aliphatic heterocycles. The molecule has 0 unspecified atom stereocenters. The van der Waals surface area contributed by atoms with Crippen LogP contribution in [0.2, 0.25) is 0 Å². The molecule has 1 aromatic heterocycles. The predicted molar refractivity (Wildman–Crippen MR) is 73.8 cm³/mol. The summed E-state index contributed by atoms with van der Waals surface area (Å²) in [6, 6.07) is 3.96. The topological polar surface area (TPSA) is 46.3 Å². The van der Waals surface area contributed by atoms with E-state index in [1.54, 1.807) is 14.2 Å². The molecule has 0 bridgehead atoms. The van der Waals surface area contributed by atoms with Crippen molar-refractivity contribution < 1.29 is 9.47 Å². The van der Waals surface area contributed by atoms with Gasteiger partial charge in [-0.3, -0.25) is 0 Å². The first-order valence-electron chi connectivity index (χ1n) is 6.09. The van der Waals surface area contributed by atoms with Gasteiger partial charge in [-0.15, -0.1) is 0 Å². The Hall–Kier alpha value is -1.68. The van der Waals surface area contributed by atoms with E-state index in [0.29, 0.717) is 0 Å². The average Bonchev–Trinajstić information content (AvgIpc) is 2.71. The van der Waals surface area contributed by atoms with E-state index in [4.69, 9.17) is 9.47 Å². The van der Waals surface area contributed by atoms with Gasteiger partial charge in [0.1, 0.15) is 11.5 Å². The largest absolute Gasteiger partial charge is 0.497 e. The quantitative estimate of drug-likeness (QED) is 0.853. The van der Waals surface area contributed by atoms with E-state index in [2.05, 4.69) is 23.3 Å². The van der Waals surface area contributed by atoms with Crippen molar-refractivity contribution in [3.05, 3.63) is 23.4 Å². The fraction of sp³-hybridized carbons (Fsp3) is 0.429. The van der Waals surface area contributed by atoms with Crippen LogP contribution in [0.3, 0.4) is 0 Å². The molecule has 2 aromatic rings. The molecule has 2 rings (SSSR count). The van der Waals surface area contributed by atoms with E-state index < -0.39 is 0 Å². The molecule has 98 valence electrons. The normalized spacial score (nSPS) is 10.9. The third-order valence-corrected chi connectivity index (χ3v) is 3.25. The van der Waals surface area contributed by atoms with Gasteiger partial charge in [0.05, 0.1) is 19.7 Å². The lowest BCUT2D eigenvalue weighted by atomic mass is 10.1. The highest BCUT2D eigenvalue weighted by Gasteiger charge is 2.13. The van der Waals surface area contributed by atoms with E-state index in [1.165, 1.54) is 16.6 Å². The maximum Gasteiger partial charge on any atom is 0.146 e. The smallest absolute Gasteiger partial charge is 0.146 e. The van der Waals surface area contributed by atoms with Crippen molar-refractivity contribution >= 4 is 10.9 Å². The number of rotatable bonds is 5. The summed E-state index contributed by atoms with van der Waals surface area (Å²) >= 11 is 0. The third-order valence-electron chi connectivity index (χ3n) is 3.25. The van der Waals surface area contributed by atoms with E-state index in [1.807, 2.05) is 13.1 Å². The summed E-state index contributed by atoms with van der Waals surface area (Å²) in [4.78, 5) is 3.40. The molecule has 18 heavy (non-hydrogen) atoms. The van der Waals surface area contributed by atoms with E-state index in [-0.39, 0.29) is 0 Å². The number of methoxy groups -OCH3 is 2. The van der Waals surface area contributed by atoms with Gasteiger partial charge in [-0.05, 0) is 38.6 Å². The summed E-state index contributed by atoms with van der Waals surface area (Å²) in [5.41, 5.74) is 3.55. The number of aromatic amines is 1. The number of hydrogen-bond donors (Lipinski definition) is 2. The third kappa shape index (κ3) is 2.16. The van der Waals surface area contributed by atoms with Crippen molar-refractivity contribution in [1.82, 2.24) is 10.3 Å². The number of H-pyrrole nitrogens is 1. The lowest BCUT2D eigenvalue weighted by molar-refractivity contribution is 0.397. The molecule has 0 saturated heterocycles. The summed E-state index contributed by atoms with van der Waals surface area (Å²) in [6.45, 7) is 3.05. The lowest BCUT2D eigenvalue weighted by Gasteiger charge is -2.06. The molecule has 0 saturated carbocycles. The number of benzene rings is 1. The Kier molecular flexibility index (Phi) is 3.77. The Morgan fingerprint density at radius 2 is 2.00 bits per heavy atom. The highest BCUT2D eigenvalue weighted by molar-refractivity contribution is 5.91. The number of aryl methyl sites for hydroxylation is 1. The molecule has 0 amide bonds. The zero-order chi connectivity index (χ0) is 13.1. The van der Waals surface area contributed by atoms with Gasteiger partial charge in [0.25, 0.3) is 0 Å². The molecule has 0 aliphatic rings. The van der Waals surface area contributed by atoms with Crippen LogP contribution in [-0.4, -0.2) is 32.8 Å².